The van der Waals surface area contributed by atoms with E-state index in [1.807, 2.05) is 0 Å². The van der Waals surface area contributed by atoms with Crippen LogP contribution in [0.1, 0.15) is 74.5 Å². The van der Waals surface area contributed by atoms with Crippen molar-refractivity contribution in [2.24, 2.45) is 5.92 Å². The van der Waals surface area contributed by atoms with Gasteiger partial charge in [0.15, 0.2) is 0 Å². The van der Waals surface area contributed by atoms with Crippen molar-refractivity contribution in [2.45, 2.75) is 63.9 Å². The Morgan fingerprint density at radius 1 is 1.07 bits per heavy atom. The summed E-state index contributed by atoms with van der Waals surface area (Å²) in [4.78, 5) is 0. The van der Waals surface area contributed by atoms with Gasteiger partial charge in [-0.1, -0.05) is 38.3 Å². The van der Waals surface area contributed by atoms with Gasteiger partial charge in [-0.15, -0.1) is 0 Å². The van der Waals surface area contributed by atoms with Gasteiger partial charge in [0.2, 0.25) is 0 Å². The number of benzene rings is 2. The quantitative estimate of drug-likeness (QED) is 0.488. The molecule has 0 heterocycles. The molecule has 154 valence electrons. The minimum absolute atomic E-state index is 0.213. The molecule has 2 nitrogen and oxygen atoms in total. The van der Waals surface area contributed by atoms with E-state index in [2.05, 4.69) is 6.92 Å². The van der Waals surface area contributed by atoms with E-state index in [4.69, 9.17) is 10.00 Å². The first kappa shape index (κ1) is 21.2. The number of rotatable bonds is 7. The van der Waals surface area contributed by atoms with Gasteiger partial charge in [0.05, 0.1) is 11.1 Å². The topological polar surface area (TPSA) is 33.0 Å². The first-order chi connectivity index (χ1) is 13.9. The van der Waals surface area contributed by atoms with Crippen LogP contribution in [0, 0.1) is 23.1 Å². The van der Waals surface area contributed by atoms with Gasteiger partial charge in [0.25, 0.3) is 0 Å². The van der Waals surface area contributed by atoms with E-state index >= 15 is 0 Å². The van der Waals surface area contributed by atoms with Gasteiger partial charge in [-0.25, -0.2) is 4.39 Å². The Morgan fingerprint density at radius 3 is 2.34 bits per heavy atom. The Bertz CT molecular complexity index is 849. The summed E-state index contributed by atoms with van der Waals surface area (Å²) in [6, 6.07) is 11.0. The molecule has 0 spiro atoms. The number of hydrogen-bond donors (Lipinski definition) is 0. The van der Waals surface area contributed by atoms with Crippen molar-refractivity contribution in [1.29, 1.82) is 5.26 Å². The predicted molar refractivity (Wildman–Crippen MR) is 106 cm³/mol. The van der Waals surface area contributed by atoms with Crippen LogP contribution in [0.15, 0.2) is 42.5 Å². The van der Waals surface area contributed by atoms with Crippen molar-refractivity contribution in [1.82, 2.24) is 0 Å². The van der Waals surface area contributed by atoms with Gasteiger partial charge in [-0.05, 0) is 67.3 Å². The molecule has 0 unspecified atom stereocenters. The van der Waals surface area contributed by atoms with E-state index < -0.39 is 11.9 Å². The molecule has 0 atom stereocenters. The Labute approximate surface area is 170 Å². The monoisotopic (exact) mass is 401 g/mol. The van der Waals surface area contributed by atoms with Crippen molar-refractivity contribution >= 4 is 0 Å². The Balaban J connectivity index is 1.63. The van der Waals surface area contributed by atoms with Crippen molar-refractivity contribution in [3.63, 3.8) is 0 Å². The first-order valence-electron chi connectivity index (χ1n) is 10.3. The molecule has 2 aromatic rings. The summed E-state index contributed by atoms with van der Waals surface area (Å²) in [5.41, 5.74) is 0.597. The largest absolute Gasteiger partial charge is 0.429 e. The van der Waals surface area contributed by atoms with E-state index in [1.165, 1.54) is 50.3 Å². The van der Waals surface area contributed by atoms with Crippen LogP contribution in [-0.4, -0.2) is 0 Å². The van der Waals surface area contributed by atoms with Crippen molar-refractivity contribution in [2.75, 3.05) is 0 Å². The number of ether oxygens (including phenoxy) is 1. The molecule has 5 heteroatoms. The van der Waals surface area contributed by atoms with Gasteiger partial charge >= 0.3 is 6.11 Å². The van der Waals surface area contributed by atoms with Gasteiger partial charge in [0, 0.05) is 6.07 Å². The summed E-state index contributed by atoms with van der Waals surface area (Å²) in [5.74, 6) is 0.0202. The molecule has 1 aliphatic carbocycles. The minimum atomic E-state index is -3.59. The van der Waals surface area contributed by atoms with E-state index in [0.29, 0.717) is 5.92 Å². The van der Waals surface area contributed by atoms with Crippen LogP contribution >= 0.6 is 0 Å². The Kier molecular flexibility index (Phi) is 6.84. The zero-order valence-corrected chi connectivity index (χ0v) is 16.6. The molecule has 0 radical (unpaired) electrons. The number of nitrogens with zero attached hydrogens (tertiary/aromatic N) is 1. The predicted octanol–water partition coefficient (Wildman–Crippen LogP) is 7.29. The molecule has 3 rings (SSSR count). The third kappa shape index (κ3) is 5.32. The highest BCUT2D eigenvalue weighted by Crippen LogP contribution is 2.39. The lowest BCUT2D eigenvalue weighted by Gasteiger charge is -2.29. The molecule has 1 aliphatic rings. The fourth-order valence-corrected chi connectivity index (χ4v) is 4.08. The molecular formula is C24H26F3NO. The van der Waals surface area contributed by atoms with Crippen LogP contribution in [0.3, 0.4) is 0 Å². The maximum absolute atomic E-state index is 14.5. The Hall–Kier alpha value is -2.48. The van der Waals surface area contributed by atoms with Crippen LogP contribution < -0.4 is 4.74 Å². The van der Waals surface area contributed by atoms with Gasteiger partial charge < -0.3 is 4.74 Å². The number of nitriles is 1. The highest BCUT2D eigenvalue weighted by Gasteiger charge is 2.35. The number of hydrogen-bond acceptors (Lipinski definition) is 2. The average Bonchev–Trinajstić information content (AvgIpc) is 2.72. The molecule has 29 heavy (non-hydrogen) atoms. The molecule has 0 amide bonds. The number of alkyl halides is 2. The summed E-state index contributed by atoms with van der Waals surface area (Å²) in [5, 5.41) is 8.73. The lowest BCUT2D eigenvalue weighted by molar-refractivity contribution is -0.185. The first-order valence-corrected chi connectivity index (χ1v) is 10.3. The molecule has 0 N–H and O–H groups in total. The van der Waals surface area contributed by atoms with E-state index in [-0.39, 0.29) is 16.9 Å². The molecular weight excluding hydrogens is 375 g/mol. The zero-order valence-electron chi connectivity index (χ0n) is 16.6. The second kappa shape index (κ2) is 9.35. The van der Waals surface area contributed by atoms with Crippen molar-refractivity contribution < 1.29 is 17.9 Å². The second-order valence-corrected chi connectivity index (χ2v) is 7.85. The summed E-state index contributed by atoms with van der Waals surface area (Å²) in [7, 11) is 0. The minimum Gasteiger partial charge on any atom is -0.429 e. The molecule has 1 saturated carbocycles. The zero-order chi connectivity index (χ0) is 20.9. The smallest absolute Gasteiger partial charge is 0.426 e. The summed E-state index contributed by atoms with van der Waals surface area (Å²) < 4.78 is 47.3. The molecule has 2 aromatic carbocycles. The Morgan fingerprint density at radius 2 is 1.76 bits per heavy atom. The van der Waals surface area contributed by atoms with Crippen LogP contribution in [-0.2, 0) is 6.11 Å². The van der Waals surface area contributed by atoms with Gasteiger partial charge in [0.1, 0.15) is 17.6 Å². The van der Waals surface area contributed by atoms with E-state index in [1.54, 1.807) is 18.2 Å². The van der Waals surface area contributed by atoms with E-state index in [0.717, 1.165) is 36.5 Å². The fraction of sp³-hybridized carbons (Fsp3) is 0.458. The standard InChI is InChI=1S/C24H26F3NO/c1-2-3-4-17-5-7-18(8-6-17)19-9-12-21(13-10-19)24(26,27)29-22-14-11-20(16-28)23(25)15-22/h9-15,17-18H,2-8H2,1H3. The highest BCUT2D eigenvalue weighted by atomic mass is 19.3. The van der Waals surface area contributed by atoms with Crippen molar-refractivity contribution in [3.8, 4) is 11.8 Å². The third-order valence-corrected chi connectivity index (χ3v) is 5.84. The highest BCUT2D eigenvalue weighted by molar-refractivity contribution is 5.37. The lowest BCUT2D eigenvalue weighted by atomic mass is 9.77. The second-order valence-electron chi connectivity index (χ2n) is 7.85. The molecule has 0 saturated heterocycles. The number of unbranched alkanes of at least 4 members (excludes halogenated alkanes) is 1. The van der Waals surface area contributed by atoms with Gasteiger partial charge in [-0.2, -0.15) is 14.0 Å². The SMILES string of the molecule is CCCCC1CCC(c2ccc(C(F)(F)Oc3ccc(C#N)c(F)c3)cc2)CC1. The molecule has 1 fully saturated rings. The molecule has 0 aromatic heterocycles. The van der Waals surface area contributed by atoms with Crippen LogP contribution in [0.5, 0.6) is 5.75 Å². The average molecular weight is 401 g/mol. The lowest BCUT2D eigenvalue weighted by Crippen LogP contribution is -2.22. The van der Waals surface area contributed by atoms with Crippen LogP contribution in [0.25, 0.3) is 0 Å². The molecule has 0 aliphatic heterocycles. The fourth-order valence-electron chi connectivity index (χ4n) is 4.08. The maximum Gasteiger partial charge on any atom is 0.426 e. The van der Waals surface area contributed by atoms with Crippen LogP contribution in [0.4, 0.5) is 13.2 Å². The van der Waals surface area contributed by atoms with Crippen molar-refractivity contribution in [3.05, 3.63) is 65.0 Å². The third-order valence-electron chi connectivity index (χ3n) is 5.84. The number of halogens is 3. The van der Waals surface area contributed by atoms with Crippen LogP contribution in [0.2, 0.25) is 0 Å². The van der Waals surface area contributed by atoms with Gasteiger partial charge in [-0.3, -0.25) is 0 Å². The maximum atomic E-state index is 14.5. The molecule has 0 bridgehead atoms. The summed E-state index contributed by atoms with van der Waals surface area (Å²) in [6.45, 7) is 2.21. The van der Waals surface area contributed by atoms with E-state index in [9.17, 15) is 13.2 Å². The summed E-state index contributed by atoms with van der Waals surface area (Å²) >= 11 is 0. The normalized spacial score (nSPS) is 19.6. The summed E-state index contributed by atoms with van der Waals surface area (Å²) in [6.07, 6.45) is 4.83.